The van der Waals surface area contributed by atoms with Gasteiger partial charge in [-0.05, 0) is 98.2 Å². The fourth-order valence-corrected chi connectivity index (χ4v) is 8.49. The third-order valence-electron chi connectivity index (χ3n) is 9.72. The third kappa shape index (κ3) is 5.51. The molecule has 1 spiro atoms. The predicted molar refractivity (Wildman–Crippen MR) is 160 cm³/mol. The van der Waals surface area contributed by atoms with Crippen molar-refractivity contribution in [1.29, 1.82) is 0 Å². The molecule has 2 aromatic carbocycles. The number of rotatable bonds is 1. The first-order chi connectivity index (χ1) is 19.7. The van der Waals surface area contributed by atoms with Gasteiger partial charge in [-0.2, -0.15) is 0 Å². The van der Waals surface area contributed by atoms with Crippen molar-refractivity contribution < 1.29 is 22.7 Å². The summed E-state index contributed by atoms with van der Waals surface area (Å²) in [6, 6.07) is 11.2. The van der Waals surface area contributed by atoms with E-state index < -0.39 is 21.8 Å². The minimum absolute atomic E-state index is 0.00621. The number of hydrogen-bond donors (Lipinski definition) is 1. The molecule has 2 bridgehead atoms. The Bertz CT molecular complexity index is 1460. The van der Waals surface area contributed by atoms with Crippen molar-refractivity contribution in [2.75, 3.05) is 31.7 Å². The number of carbonyl (C=O) groups is 1. The highest BCUT2D eigenvalue weighted by atomic mass is 35.5. The summed E-state index contributed by atoms with van der Waals surface area (Å²) in [5.74, 6) is 0.500. The van der Waals surface area contributed by atoms with Gasteiger partial charge in [0.1, 0.15) is 5.75 Å². The molecule has 0 saturated heterocycles. The number of benzene rings is 2. The lowest BCUT2D eigenvalue weighted by molar-refractivity contribution is -0.122. The summed E-state index contributed by atoms with van der Waals surface area (Å²) in [5.41, 5.74) is 3.04. The first-order valence-corrected chi connectivity index (χ1v) is 16.6. The highest BCUT2D eigenvalue weighted by Crippen LogP contribution is 2.47. The second kappa shape index (κ2) is 11.3. The maximum atomic E-state index is 13.4. The standard InChI is InChI=1S/C32H39ClN2O5S/c1-21-6-3-4-8-29(39-2)26-12-9-23(26)18-35-19-32(15-5-7-22-16-24(33)10-13-27(22)32)20-40-30-14-11-25(17-28(30)35)41(37,38)34-31(21)36/h4,8,10-11,13-14,16-17,21,23,26,29H,3,5-7,9,12,15,18-20H2,1-2H3,(H,34,36)/b8-4+/t21-,23-,26+,29-,32-/m0/s1. The summed E-state index contributed by atoms with van der Waals surface area (Å²) in [4.78, 5) is 15.3. The van der Waals surface area contributed by atoms with Crippen LogP contribution in [0.4, 0.5) is 5.69 Å². The van der Waals surface area contributed by atoms with Crippen LogP contribution in [0.3, 0.4) is 0 Å². The van der Waals surface area contributed by atoms with E-state index in [1.807, 2.05) is 6.07 Å². The monoisotopic (exact) mass is 598 g/mol. The van der Waals surface area contributed by atoms with E-state index in [1.54, 1.807) is 32.2 Å². The van der Waals surface area contributed by atoms with E-state index in [4.69, 9.17) is 21.1 Å². The molecule has 1 amide bonds. The Balaban J connectivity index is 1.44. The Morgan fingerprint density at radius 2 is 2.00 bits per heavy atom. The molecular formula is C32H39ClN2O5S. The molecule has 2 aliphatic heterocycles. The van der Waals surface area contributed by atoms with Crippen LogP contribution < -0.4 is 14.4 Å². The smallest absolute Gasteiger partial charge is 0.264 e. The number of allylic oxidation sites excluding steroid dienone is 1. The van der Waals surface area contributed by atoms with Crippen molar-refractivity contribution in [2.24, 2.45) is 17.8 Å². The second-order valence-corrected chi connectivity index (χ2v) is 14.4. The first-order valence-electron chi connectivity index (χ1n) is 14.8. The quantitative estimate of drug-likeness (QED) is 0.427. The Hall–Kier alpha value is -2.55. The number of ether oxygens (including phenoxy) is 2. The number of fused-ring (bicyclic) bond motifs is 4. The molecule has 1 fully saturated rings. The zero-order chi connectivity index (χ0) is 28.8. The zero-order valence-electron chi connectivity index (χ0n) is 23.8. The van der Waals surface area contributed by atoms with E-state index in [2.05, 4.69) is 33.9 Å². The molecule has 2 heterocycles. The SMILES string of the molecule is CO[C@H]1/C=C/CC[C@H](C)C(=O)NS(=O)(=O)c2ccc3c(c2)N(C[C@@H]2CC[C@H]21)C[C@@]1(CCCc2cc(Cl)ccc21)CO3. The van der Waals surface area contributed by atoms with Crippen molar-refractivity contribution >= 4 is 33.2 Å². The van der Waals surface area contributed by atoms with Gasteiger partial charge in [-0.15, -0.1) is 0 Å². The number of nitrogens with one attached hydrogen (secondary N) is 1. The van der Waals surface area contributed by atoms with Crippen LogP contribution >= 0.6 is 11.6 Å². The van der Waals surface area contributed by atoms with Gasteiger partial charge in [-0.3, -0.25) is 4.79 Å². The van der Waals surface area contributed by atoms with Crippen molar-refractivity contribution in [3.63, 3.8) is 0 Å². The number of halogens is 1. The lowest BCUT2D eigenvalue weighted by atomic mass is 9.68. The average Bonchev–Trinajstić information content (AvgIpc) is 3.08. The fraction of sp³-hybridized carbons (Fsp3) is 0.531. The van der Waals surface area contributed by atoms with Crippen LogP contribution in [0.2, 0.25) is 5.02 Å². The minimum atomic E-state index is -4.05. The number of sulfonamides is 1. The number of hydrogen-bond acceptors (Lipinski definition) is 6. The summed E-state index contributed by atoms with van der Waals surface area (Å²) in [6.07, 6.45) is 10.6. The molecular weight excluding hydrogens is 560 g/mol. The second-order valence-electron chi connectivity index (χ2n) is 12.3. The van der Waals surface area contributed by atoms with E-state index in [0.717, 1.165) is 49.4 Å². The average molecular weight is 599 g/mol. The molecule has 0 unspecified atom stereocenters. The molecule has 9 heteroatoms. The highest BCUT2D eigenvalue weighted by molar-refractivity contribution is 7.90. The van der Waals surface area contributed by atoms with Gasteiger partial charge in [-0.1, -0.05) is 36.7 Å². The van der Waals surface area contributed by atoms with Gasteiger partial charge in [0.15, 0.2) is 0 Å². The summed E-state index contributed by atoms with van der Waals surface area (Å²) in [6.45, 7) is 3.74. The summed E-state index contributed by atoms with van der Waals surface area (Å²) in [7, 11) is -2.28. The Morgan fingerprint density at radius 1 is 1.15 bits per heavy atom. The van der Waals surface area contributed by atoms with Crippen LogP contribution in [0.25, 0.3) is 0 Å². The molecule has 2 aromatic rings. The Morgan fingerprint density at radius 3 is 2.78 bits per heavy atom. The summed E-state index contributed by atoms with van der Waals surface area (Å²) >= 11 is 6.39. The van der Waals surface area contributed by atoms with E-state index in [-0.39, 0.29) is 16.4 Å². The fourth-order valence-electron chi connectivity index (χ4n) is 7.19. The van der Waals surface area contributed by atoms with Crippen molar-refractivity contribution in [1.82, 2.24) is 4.72 Å². The maximum absolute atomic E-state index is 13.4. The molecule has 7 nitrogen and oxygen atoms in total. The van der Waals surface area contributed by atoms with E-state index in [9.17, 15) is 13.2 Å². The Labute approximate surface area is 248 Å². The van der Waals surface area contributed by atoms with Crippen LogP contribution in [0, 0.1) is 17.8 Å². The van der Waals surface area contributed by atoms with Gasteiger partial charge in [0.25, 0.3) is 10.0 Å². The van der Waals surface area contributed by atoms with Crippen LogP contribution in [0.5, 0.6) is 5.75 Å². The highest BCUT2D eigenvalue weighted by Gasteiger charge is 2.44. The zero-order valence-corrected chi connectivity index (χ0v) is 25.3. The normalized spacial score (nSPS) is 32.0. The van der Waals surface area contributed by atoms with Gasteiger partial charge in [0.2, 0.25) is 5.91 Å². The number of methoxy groups -OCH3 is 1. The van der Waals surface area contributed by atoms with Gasteiger partial charge < -0.3 is 14.4 Å². The molecule has 0 radical (unpaired) electrons. The van der Waals surface area contributed by atoms with E-state index in [1.165, 1.54) is 11.1 Å². The number of amides is 1. The van der Waals surface area contributed by atoms with Crippen molar-refractivity contribution in [3.8, 4) is 5.75 Å². The molecule has 5 atom stereocenters. The third-order valence-corrected chi connectivity index (χ3v) is 11.3. The van der Waals surface area contributed by atoms with Crippen molar-refractivity contribution in [2.45, 2.75) is 68.3 Å². The number of carbonyl (C=O) groups excluding carboxylic acids is 1. The Kier molecular flexibility index (Phi) is 7.85. The molecule has 2 aliphatic carbocycles. The van der Waals surface area contributed by atoms with Crippen LogP contribution in [0.1, 0.15) is 56.6 Å². The molecule has 220 valence electrons. The van der Waals surface area contributed by atoms with E-state index >= 15 is 0 Å². The molecule has 6 rings (SSSR count). The van der Waals surface area contributed by atoms with Gasteiger partial charge in [0.05, 0.1) is 23.3 Å². The lowest BCUT2D eigenvalue weighted by Crippen LogP contribution is -2.49. The number of aryl methyl sites for hydroxylation is 1. The molecule has 1 N–H and O–H groups in total. The first kappa shape index (κ1) is 28.6. The molecule has 1 saturated carbocycles. The topological polar surface area (TPSA) is 84.9 Å². The predicted octanol–water partition coefficient (Wildman–Crippen LogP) is 5.65. The lowest BCUT2D eigenvalue weighted by Gasteiger charge is -2.46. The van der Waals surface area contributed by atoms with Gasteiger partial charge in [-0.25, -0.2) is 13.1 Å². The summed E-state index contributed by atoms with van der Waals surface area (Å²) in [5, 5.41) is 0.742. The minimum Gasteiger partial charge on any atom is -0.490 e. The largest absolute Gasteiger partial charge is 0.490 e. The molecule has 0 aromatic heterocycles. The van der Waals surface area contributed by atoms with Crippen LogP contribution in [0.15, 0.2) is 53.4 Å². The van der Waals surface area contributed by atoms with E-state index in [0.29, 0.717) is 43.6 Å². The number of nitrogens with zero attached hydrogens (tertiary/aromatic N) is 1. The van der Waals surface area contributed by atoms with Gasteiger partial charge in [0, 0.05) is 36.6 Å². The molecule has 41 heavy (non-hydrogen) atoms. The summed E-state index contributed by atoms with van der Waals surface area (Å²) < 4.78 is 41.6. The number of anilines is 1. The molecule has 4 aliphatic rings. The van der Waals surface area contributed by atoms with Crippen LogP contribution in [-0.2, 0) is 31.4 Å². The van der Waals surface area contributed by atoms with Gasteiger partial charge >= 0.3 is 0 Å². The van der Waals surface area contributed by atoms with Crippen LogP contribution in [-0.4, -0.2) is 47.2 Å². The maximum Gasteiger partial charge on any atom is 0.264 e. The van der Waals surface area contributed by atoms with Crippen molar-refractivity contribution in [3.05, 3.63) is 64.7 Å².